The lowest BCUT2D eigenvalue weighted by atomic mass is 10.0. The van der Waals surface area contributed by atoms with Gasteiger partial charge in [-0.3, -0.25) is 15.0 Å². The number of piperidine rings is 1. The van der Waals surface area contributed by atoms with Gasteiger partial charge < -0.3 is 10.2 Å². The quantitative estimate of drug-likeness (QED) is 0.323. The number of hydrogen-bond acceptors (Lipinski definition) is 6. The van der Waals surface area contributed by atoms with Crippen LogP contribution in [-0.4, -0.2) is 51.7 Å². The molecule has 1 aromatic carbocycles. The van der Waals surface area contributed by atoms with E-state index in [4.69, 9.17) is 16.8 Å². The van der Waals surface area contributed by atoms with Crippen molar-refractivity contribution in [1.82, 2.24) is 20.3 Å². The van der Waals surface area contributed by atoms with Crippen molar-refractivity contribution < 1.29 is 10.0 Å². The first-order valence-electron chi connectivity index (χ1n) is 9.30. The number of hydrogen-bond donors (Lipinski definition) is 3. The molecule has 1 amide bonds. The van der Waals surface area contributed by atoms with Gasteiger partial charge in [0, 0.05) is 30.2 Å². The molecule has 2 aromatic rings. The molecule has 0 saturated carbocycles. The molecular formula is C20H26Cl3N5O2. The summed E-state index contributed by atoms with van der Waals surface area (Å²) in [4.78, 5) is 22.0. The fourth-order valence-electron chi connectivity index (χ4n) is 3.26. The Kier molecular flexibility index (Phi) is 11.7. The maximum absolute atomic E-state index is 11.0. The van der Waals surface area contributed by atoms with Gasteiger partial charge in [0.05, 0.1) is 18.1 Å². The van der Waals surface area contributed by atoms with E-state index in [2.05, 4.69) is 26.3 Å². The van der Waals surface area contributed by atoms with Crippen molar-refractivity contribution in [2.24, 2.45) is 0 Å². The van der Waals surface area contributed by atoms with E-state index in [1.54, 1.807) is 12.4 Å². The normalized spacial score (nSPS) is 16.4. The van der Waals surface area contributed by atoms with E-state index >= 15 is 0 Å². The van der Waals surface area contributed by atoms with Gasteiger partial charge in [-0.15, -0.1) is 24.8 Å². The fourth-order valence-corrected chi connectivity index (χ4v) is 3.49. The Morgan fingerprint density at radius 2 is 2.07 bits per heavy atom. The summed E-state index contributed by atoms with van der Waals surface area (Å²) in [5, 5.41) is 12.7. The van der Waals surface area contributed by atoms with Crippen LogP contribution in [0.3, 0.4) is 0 Å². The van der Waals surface area contributed by atoms with Crippen molar-refractivity contribution >= 4 is 54.2 Å². The van der Waals surface area contributed by atoms with Crippen molar-refractivity contribution in [3.05, 3.63) is 59.0 Å². The number of carbonyl (C=O) groups excluding carboxylic acids is 1. The zero-order chi connectivity index (χ0) is 19.8. The molecule has 0 radical (unpaired) electrons. The van der Waals surface area contributed by atoms with Crippen molar-refractivity contribution in [2.45, 2.75) is 25.3 Å². The minimum atomic E-state index is -0.608. The second kappa shape index (κ2) is 13.4. The molecular weight excluding hydrogens is 449 g/mol. The van der Waals surface area contributed by atoms with Crippen molar-refractivity contribution in [2.75, 3.05) is 25.0 Å². The van der Waals surface area contributed by atoms with Crippen LogP contribution >= 0.6 is 36.4 Å². The maximum atomic E-state index is 11.0. The summed E-state index contributed by atoms with van der Waals surface area (Å²) < 4.78 is 0. The Hall–Kier alpha value is -1.90. The molecule has 1 aromatic heterocycles. The lowest BCUT2D eigenvalue weighted by Gasteiger charge is -2.33. The Morgan fingerprint density at radius 3 is 2.77 bits per heavy atom. The van der Waals surface area contributed by atoms with Crippen molar-refractivity contribution in [3.8, 4) is 0 Å². The molecule has 0 spiro atoms. The fraction of sp³-hybridized carbons (Fsp3) is 0.350. The molecule has 1 saturated heterocycles. The molecule has 30 heavy (non-hydrogen) atoms. The number of nitrogens with zero attached hydrogens (tertiary/aromatic N) is 3. The third-order valence-corrected chi connectivity index (χ3v) is 5.07. The highest BCUT2D eigenvalue weighted by molar-refractivity contribution is 6.31. The number of benzene rings is 1. The smallest absolute Gasteiger partial charge is 0.267 e. The van der Waals surface area contributed by atoms with Gasteiger partial charge in [0.15, 0.2) is 0 Å². The predicted octanol–water partition coefficient (Wildman–Crippen LogP) is 3.61. The lowest BCUT2D eigenvalue weighted by molar-refractivity contribution is -0.124. The summed E-state index contributed by atoms with van der Waals surface area (Å²) in [6.45, 7) is 3.01. The molecule has 1 aliphatic rings. The second-order valence-corrected chi connectivity index (χ2v) is 7.17. The van der Waals surface area contributed by atoms with E-state index in [-0.39, 0.29) is 24.8 Å². The predicted molar refractivity (Wildman–Crippen MR) is 124 cm³/mol. The van der Waals surface area contributed by atoms with Gasteiger partial charge in [-0.05, 0) is 43.5 Å². The largest absolute Gasteiger partial charge is 0.365 e. The van der Waals surface area contributed by atoms with Gasteiger partial charge in [-0.1, -0.05) is 29.8 Å². The van der Waals surface area contributed by atoms with Crippen molar-refractivity contribution in [3.63, 3.8) is 0 Å². The average molecular weight is 475 g/mol. The van der Waals surface area contributed by atoms with E-state index < -0.39 is 5.91 Å². The lowest BCUT2D eigenvalue weighted by Crippen LogP contribution is -2.43. The first kappa shape index (κ1) is 26.1. The van der Waals surface area contributed by atoms with Crippen LogP contribution in [0.1, 0.15) is 24.1 Å². The zero-order valence-corrected chi connectivity index (χ0v) is 18.7. The van der Waals surface area contributed by atoms with Crippen LogP contribution < -0.4 is 10.8 Å². The van der Waals surface area contributed by atoms with Crippen LogP contribution in [0.5, 0.6) is 0 Å². The van der Waals surface area contributed by atoms with E-state index in [1.807, 2.05) is 18.2 Å². The molecule has 1 fully saturated rings. The molecule has 0 unspecified atom stereocenters. The van der Waals surface area contributed by atoms with Crippen LogP contribution in [0.25, 0.3) is 6.08 Å². The summed E-state index contributed by atoms with van der Waals surface area (Å²) in [7, 11) is 0. The van der Waals surface area contributed by atoms with Gasteiger partial charge in [-0.25, -0.2) is 10.5 Å². The molecule has 3 rings (SSSR count). The van der Waals surface area contributed by atoms with Crippen LogP contribution in [0.2, 0.25) is 5.02 Å². The number of aromatic nitrogens is 2. The summed E-state index contributed by atoms with van der Waals surface area (Å²) in [5.41, 5.74) is 3.26. The minimum Gasteiger partial charge on any atom is -0.365 e. The molecule has 7 nitrogen and oxygen atoms in total. The van der Waals surface area contributed by atoms with Crippen LogP contribution in [0, 0.1) is 0 Å². The summed E-state index contributed by atoms with van der Waals surface area (Å²) in [5.74, 6) is 0.102. The van der Waals surface area contributed by atoms with Crippen molar-refractivity contribution in [1.29, 1.82) is 0 Å². The first-order valence-corrected chi connectivity index (χ1v) is 9.68. The highest BCUT2D eigenvalue weighted by atomic mass is 35.5. The van der Waals surface area contributed by atoms with Gasteiger partial charge in [0.1, 0.15) is 5.82 Å². The standard InChI is InChI=1S/C20H24ClN5O2.2ClH/c21-18-6-2-1-4-15(18)9-11-26-10-3-5-17(14-26)24-19-13-22-16(12-23-19)7-8-20(27)25-28;;/h1-2,4,6-8,12-13,17,28H,3,5,9-11,14H2,(H,23,24)(H,25,27);2*1H/b8-7+;;/t17-;;/m1../s1. The van der Waals surface area contributed by atoms with Crippen LogP contribution in [-0.2, 0) is 11.2 Å². The number of anilines is 1. The van der Waals surface area contributed by atoms with Gasteiger partial charge in [0.25, 0.3) is 5.91 Å². The molecule has 164 valence electrons. The van der Waals surface area contributed by atoms with E-state index in [1.165, 1.54) is 23.2 Å². The average Bonchev–Trinajstić information content (AvgIpc) is 2.73. The molecule has 1 atom stereocenters. The Labute approximate surface area is 193 Å². The number of nitrogens with one attached hydrogen (secondary N) is 2. The number of likely N-dealkylation sites (tertiary alicyclic amines) is 1. The maximum Gasteiger partial charge on any atom is 0.267 e. The third-order valence-electron chi connectivity index (χ3n) is 4.70. The van der Waals surface area contributed by atoms with Gasteiger partial charge in [-0.2, -0.15) is 0 Å². The highest BCUT2D eigenvalue weighted by Crippen LogP contribution is 2.18. The first-order chi connectivity index (χ1) is 13.6. The van der Waals surface area contributed by atoms with E-state index in [0.717, 1.165) is 43.9 Å². The number of halogens is 3. The third kappa shape index (κ3) is 8.08. The minimum absolute atomic E-state index is 0. The summed E-state index contributed by atoms with van der Waals surface area (Å²) in [6, 6.07) is 8.31. The number of carbonyl (C=O) groups is 1. The van der Waals surface area contributed by atoms with E-state index in [9.17, 15) is 4.79 Å². The van der Waals surface area contributed by atoms with Gasteiger partial charge >= 0.3 is 0 Å². The zero-order valence-electron chi connectivity index (χ0n) is 16.3. The summed E-state index contributed by atoms with van der Waals surface area (Å²) >= 11 is 6.25. The SMILES string of the molecule is Cl.Cl.O=C(/C=C/c1cnc(N[C@@H]2CCCN(CCc3ccccc3Cl)C2)cn1)NO. The van der Waals surface area contributed by atoms with Gasteiger partial charge in [0.2, 0.25) is 0 Å². The highest BCUT2D eigenvalue weighted by Gasteiger charge is 2.20. The number of amides is 1. The Morgan fingerprint density at radius 1 is 1.27 bits per heavy atom. The number of hydroxylamine groups is 1. The van der Waals surface area contributed by atoms with Crippen LogP contribution in [0.15, 0.2) is 42.7 Å². The monoisotopic (exact) mass is 473 g/mol. The molecule has 0 aliphatic carbocycles. The molecule has 0 bridgehead atoms. The Balaban J connectivity index is 0.00000225. The molecule has 3 N–H and O–H groups in total. The number of rotatable bonds is 7. The molecule has 1 aliphatic heterocycles. The second-order valence-electron chi connectivity index (χ2n) is 6.76. The summed E-state index contributed by atoms with van der Waals surface area (Å²) in [6.07, 6.45) is 9.07. The molecule has 10 heteroatoms. The van der Waals surface area contributed by atoms with Crippen LogP contribution in [0.4, 0.5) is 5.82 Å². The molecule has 2 heterocycles. The Bertz CT molecular complexity index is 820. The van der Waals surface area contributed by atoms with E-state index in [0.29, 0.717) is 17.6 Å². The topological polar surface area (TPSA) is 90.4 Å².